The van der Waals surface area contributed by atoms with E-state index in [0.717, 1.165) is 36.9 Å². The molecule has 3 heterocycles. The average Bonchev–Trinajstić information content (AvgIpc) is 3.24. The number of fused-ring (bicyclic) bond motifs is 1. The zero-order valence-electron chi connectivity index (χ0n) is 16.6. The second kappa shape index (κ2) is 8.55. The summed E-state index contributed by atoms with van der Waals surface area (Å²) in [6.45, 7) is 4.29. The molecule has 2 aliphatic rings. The molecule has 1 amide bonds. The van der Waals surface area contributed by atoms with Crippen LogP contribution in [0, 0.1) is 6.92 Å². The van der Waals surface area contributed by atoms with Crippen LogP contribution in [-0.4, -0.2) is 44.3 Å². The van der Waals surface area contributed by atoms with Gasteiger partial charge in [0.25, 0.3) is 5.91 Å². The Kier molecular flexibility index (Phi) is 6.06. The Balaban J connectivity index is 1.50. The number of nitrogens with zero attached hydrogens (tertiary/aromatic N) is 1. The molecule has 4 rings (SSSR count). The molecule has 8 heteroatoms. The van der Waals surface area contributed by atoms with Gasteiger partial charge >= 0.3 is 0 Å². The lowest BCUT2D eigenvalue weighted by molar-refractivity contribution is 0.0948. The van der Waals surface area contributed by atoms with Gasteiger partial charge in [-0.15, -0.1) is 11.3 Å². The van der Waals surface area contributed by atoms with Crippen molar-refractivity contribution in [2.75, 3.05) is 19.6 Å². The van der Waals surface area contributed by atoms with E-state index in [0.29, 0.717) is 26.1 Å². The van der Waals surface area contributed by atoms with E-state index in [-0.39, 0.29) is 21.7 Å². The maximum Gasteiger partial charge on any atom is 0.262 e. The lowest BCUT2D eigenvalue weighted by atomic mass is 9.97. The molecule has 1 atom stereocenters. The van der Waals surface area contributed by atoms with Crippen molar-refractivity contribution in [3.05, 3.63) is 51.2 Å². The quantitative estimate of drug-likeness (QED) is 0.760. The summed E-state index contributed by atoms with van der Waals surface area (Å²) in [5.41, 5.74) is 3.39. The number of hydrogen-bond acceptors (Lipinski definition) is 5. The molecular formula is C21H27N3O3S2. The fourth-order valence-electron chi connectivity index (χ4n) is 4.13. The summed E-state index contributed by atoms with van der Waals surface area (Å²) < 4.78 is 28.2. The van der Waals surface area contributed by atoms with Gasteiger partial charge in [0.15, 0.2) is 0 Å². The number of carbonyl (C=O) groups is 1. The third-order valence-corrected chi connectivity index (χ3v) is 8.78. The molecule has 156 valence electrons. The topological polar surface area (TPSA) is 78.5 Å². The van der Waals surface area contributed by atoms with E-state index in [1.807, 2.05) is 19.1 Å². The molecule has 1 saturated heterocycles. The highest BCUT2D eigenvalue weighted by molar-refractivity contribution is 7.89. The molecule has 1 aromatic carbocycles. The molecule has 0 bridgehead atoms. The molecule has 0 aliphatic carbocycles. The second-order valence-electron chi connectivity index (χ2n) is 7.77. The van der Waals surface area contributed by atoms with Crippen LogP contribution < -0.4 is 10.6 Å². The molecule has 2 aromatic rings. The Hall–Kier alpha value is -1.74. The summed E-state index contributed by atoms with van der Waals surface area (Å²) in [7, 11) is -3.73. The standard InChI is InChI=1S/C21H27N3O3S2/c1-15-5-4-6-16-8-11-24(14-18(15)16)29(26,27)19-9-12-28-20(19)21(25)23-13-17-7-2-3-10-22-17/h4-6,9,12,17,22H,2-3,7-8,10-11,13-14H2,1H3,(H,23,25)/t17-/m1/s1. The predicted molar refractivity (Wildman–Crippen MR) is 115 cm³/mol. The van der Waals surface area contributed by atoms with Crippen LogP contribution in [0.3, 0.4) is 0 Å². The molecule has 2 N–H and O–H groups in total. The van der Waals surface area contributed by atoms with E-state index in [4.69, 9.17) is 0 Å². The van der Waals surface area contributed by atoms with Crippen LogP contribution in [0.25, 0.3) is 0 Å². The first-order chi connectivity index (χ1) is 14.0. The largest absolute Gasteiger partial charge is 0.350 e. The fourth-order valence-corrected chi connectivity index (χ4v) is 6.85. The Morgan fingerprint density at radius 3 is 2.97 bits per heavy atom. The number of nitrogens with one attached hydrogen (secondary N) is 2. The molecule has 2 aliphatic heterocycles. The molecule has 0 saturated carbocycles. The lowest BCUT2D eigenvalue weighted by Gasteiger charge is -2.29. The van der Waals surface area contributed by atoms with E-state index in [9.17, 15) is 13.2 Å². The van der Waals surface area contributed by atoms with Crippen LogP contribution in [0.5, 0.6) is 0 Å². The Labute approximate surface area is 176 Å². The number of benzene rings is 1. The van der Waals surface area contributed by atoms with Gasteiger partial charge in [0, 0.05) is 25.7 Å². The first-order valence-corrected chi connectivity index (χ1v) is 12.5. The van der Waals surface area contributed by atoms with Gasteiger partial charge in [-0.25, -0.2) is 8.42 Å². The Morgan fingerprint density at radius 2 is 2.17 bits per heavy atom. The summed E-state index contributed by atoms with van der Waals surface area (Å²) >= 11 is 1.19. The minimum Gasteiger partial charge on any atom is -0.350 e. The molecule has 0 unspecified atom stereocenters. The van der Waals surface area contributed by atoms with Crippen LogP contribution >= 0.6 is 11.3 Å². The van der Waals surface area contributed by atoms with Crippen molar-refractivity contribution in [1.82, 2.24) is 14.9 Å². The first-order valence-electron chi connectivity index (χ1n) is 10.1. The smallest absolute Gasteiger partial charge is 0.262 e. The molecule has 6 nitrogen and oxygen atoms in total. The van der Waals surface area contributed by atoms with E-state index in [1.165, 1.54) is 21.2 Å². The minimum atomic E-state index is -3.73. The Morgan fingerprint density at radius 1 is 1.31 bits per heavy atom. The monoisotopic (exact) mass is 433 g/mol. The van der Waals surface area contributed by atoms with Gasteiger partial charge in [-0.2, -0.15) is 4.31 Å². The molecule has 1 fully saturated rings. The molecular weight excluding hydrogens is 406 g/mol. The maximum absolute atomic E-state index is 13.3. The van der Waals surface area contributed by atoms with Crippen LogP contribution in [-0.2, 0) is 23.0 Å². The summed E-state index contributed by atoms with van der Waals surface area (Å²) in [4.78, 5) is 13.1. The van der Waals surface area contributed by atoms with Crippen molar-refractivity contribution in [1.29, 1.82) is 0 Å². The van der Waals surface area contributed by atoms with Gasteiger partial charge in [-0.05, 0) is 60.9 Å². The normalized spacial score (nSPS) is 20.2. The minimum absolute atomic E-state index is 0.119. The highest BCUT2D eigenvalue weighted by Gasteiger charge is 2.33. The first kappa shape index (κ1) is 20.5. The number of piperidine rings is 1. The van der Waals surface area contributed by atoms with Crippen LogP contribution in [0.1, 0.15) is 45.6 Å². The third-order valence-electron chi connectivity index (χ3n) is 5.85. The Bertz CT molecular complexity index is 994. The van der Waals surface area contributed by atoms with Crippen molar-refractivity contribution in [2.24, 2.45) is 0 Å². The number of thiophene rings is 1. The van der Waals surface area contributed by atoms with E-state index in [1.54, 1.807) is 11.4 Å². The number of amides is 1. The van der Waals surface area contributed by atoms with E-state index >= 15 is 0 Å². The maximum atomic E-state index is 13.3. The SMILES string of the molecule is Cc1cccc2c1CN(S(=O)(=O)c1ccsc1C(=O)NC[C@H]1CCCCN1)CC2. The number of rotatable bonds is 5. The highest BCUT2D eigenvalue weighted by Crippen LogP contribution is 2.30. The number of carbonyl (C=O) groups excluding carboxylic acids is 1. The van der Waals surface area contributed by atoms with Crippen molar-refractivity contribution in [3.63, 3.8) is 0 Å². The predicted octanol–water partition coefficient (Wildman–Crippen LogP) is 2.68. The highest BCUT2D eigenvalue weighted by atomic mass is 32.2. The van der Waals surface area contributed by atoms with Gasteiger partial charge in [-0.1, -0.05) is 24.6 Å². The van der Waals surface area contributed by atoms with Crippen molar-refractivity contribution in [3.8, 4) is 0 Å². The molecule has 0 radical (unpaired) electrons. The third kappa shape index (κ3) is 4.26. The molecule has 29 heavy (non-hydrogen) atoms. The second-order valence-corrected chi connectivity index (χ2v) is 10.6. The van der Waals surface area contributed by atoms with Gasteiger partial charge in [0.2, 0.25) is 10.0 Å². The summed E-state index contributed by atoms with van der Waals surface area (Å²) in [6.07, 6.45) is 4.04. The lowest BCUT2D eigenvalue weighted by Crippen LogP contribution is -2.43. The zero-order chi connectivity index (χ0) is 20.4. The van der Waals surface area contributed by atoms with Gasteiger partial charge in [-0.3, -0.25) is 4.79 Å². The van der Waals surface area contributed by atoms with Crippen molar-refractivity contribution < 1.29 is 13.2 Å². The van der Waals surface area contributed by atoms with Gasteiger partial charge in [0.05, 0.1) is 0 Å². The van der Waals surface area contributed by atoms with E-state index in [2.05, 4.69) is 16.7 Å². The number of hydrogen-bond donors (Lipinski definition) is 2. The summed E-state index contributed by atoms with van der Waals surface area (Å²) in [6, 6.07) is 7.91. The van der Waals surface area contributed by atoms with E-state index < -0.39 is 10.0 Å². The fraction of sp³-hybridized carbons (Fsp3) is 0.476. The molecule has 0 spiro atoms. The van der Waals surface area contributed by atoms with Crippen LogP contribution in [0.2, 0.25) is 0 Å². The summed E-state index contributed by atoms with van der Waals surface area (Å²) in [5, 5.41) is 8.00. The van der Waals surface area contributed by atoms with Gasteiger partial charge in [0.1, 0.15) is 9.77 Å². The van der Waals surface area contributed by atoms with Crippen LogP contribution in [0.15, 0.2) is 34.5 Å². The van der Waals surface area contributed by atoms with Gasteiger partial charge < -0.3 is 10.6 Å². The number of aryl methyl sites for hydroxylation is 1. The molecule has 1 aromatic heterocycles. The number of sulfonamides is 1. The zero-order valence-corrected chi connectivity index (χ0v) is 18.2. The van der Waals surface area contributed by atoms with Crippen LogP contribution in [0.4, 0.5) is 0 Å². The summed E-state index contributed by atoms with van der Waals surface area (Å²) in [5.74, 6) is -0.306. The van der Waals surface area contributed by atoms with Crippen molar-refractivity contribution >= 4 is 27.3 Å². The van der Waals surface area contributed by atoms with Crippen molar-refractivity contribution in [2.45, 2.75) is 50.1 Å². The average molecular weight is 434 g/mol.